The molecule has 0 spiro atoms. The van der Waals surface area contributed by atoms with Crippen LogP contribution in [0.1, 0.15) is 23.6 Å². The summed E-state index contributed by atoms with van der Waals surface area (Å²) in [5, 5.41) is 10.5. The summed E-state index contributed by atoms with van der Waals surface area (Å²) in [7, 11) is 0. The summed E-state index contributed by atoms with van der Waals surface area (Å²) in [6, 6.07) is 0. The summed E-state index contributed by atoms with van der Waals surface area (Å²) in [6.45, 7) is 7.05. The Morgan fingerprint density at radius 2 is 2.13 bits per heavy atom. The van der Waals surface area contributed by atoms with Crippen molar-refractivity contribution in [2.24, 2.45) is 0 Å². The molecule has 0 saturated carbocycles. The van der Waals surface area contributed by atoms with Gasteiger partial charge in [0.05, 0.1) is 29.9 Å². The molecule has 84 valence electrons. The molecule has 0 bridgehead atoms. The Morgan fingerprint density at radius 3 is 2.67 bits per heavy atom. The van der Waals surface area contributed by atoms with Crippen LogP contribution in [0.3, 0.4) is 0 Å². The van der Waals surface area contributed by atoms with E-state index in [4.69, 9.17) is 4.74 Å². The van der Waals surface area contributed by atoms with E-state index in [9.17, 15) is 5.11 Å². The second kappa shape index (κ2) is 4.47. The molecular formula is C10H16N2O2S. The Balaban J connectivity index is 2.17. The molecule has 0 aliphatic carbocycles. The fourth-order valence-electron chi connectivity index (χ4n) is 1.67. The number of rotatable bonds is 2. The Morgan fingerprint density at radius 1 is 1.47 bits per heavy atom. The van der Waals surface area contributed by atoms with Gasteiger partial charge in [-0.15, -0.1) is 0 Å². The molecule has 1 atom stereocenters. The first-order valence-corrected chi connectivity index (χ1v) is 5.98. The van der Waals surface area contributed by atoms with E-state index in [-0.39, 0.29) is 0 Å². The highest BCUT2D eigenvalue weighted by Crippen LogP contribution is 2.30. The van der Waals surface area contributed by atoms with E-state index in [1.165, 1.54) is 0 Å². The van der Waals surface area contributed by atoms with Gasteiger partial charge in [0.1, 0.15) is 0 Å². The predicted molar refractivity (Wildman–Crippen MR) is 60.5 cm³/mol. The lowest BCUT2D eigenvalue weighted by molar-refractivity contribution is 0.122. The third-order valence-corrected chi connectivity index (χ3v) is 3.87. The number of aliphatic hydroxyl groups excluding tert-OH is 1. The molecule has 1 saturated heterocycles. The first-order chi connectivity index (χ1) is 7.18. The summed E-state index contributed by atoms with van der Waals surface area (Å²) in [6.07, 6.45) is -0.419. The van der Waals surface area contributed by atoms with Gasteiger partial charge in [0.15, 0.2) is 5.13 Å². The Bertz CT molecular complexity index is 332. The Hall–Kier alpha value is -0.650. The minimum absolute atomic E-state index is 0.419. The third-order valence-electron chi connectivity index (χ3n) is 2.48. The van der Waals surface area contributed by atoms with Gasteiger partial charge in [-0.1, -0.05) is 11.3 Å². The van der Waals surface area contributed by atoms with Crippen LogP contribution in [-0.4, -0.2) is 36.4 Å². The molecule has 1 N–H and O–H groups in total. The van der Waals surface area contributed by atoms with E-state index in [0.29, 0.717) is 0 Å². The van der Waals surface area contributed by atoms with Crippen molar-refractivity contribution < 1.29 is 9.84 Å². The van der Waals surface area contributed by atoms with Crippen LogP contribution in [0.25, 0.3) is 0 Å². The van der Waals surface area contributed by atoms with Crippen molar-refractivity contribution in [3.05, 3.63) is 10.6 Å². The second-order valence-corrected chi connectivity index (χ2v) is 4.73. The zero-order valence-electron chi connectivity index (χ0n) is 9.06. The van der Waals surface area contributed by atoms with E-state index >= 15 is 0 Å². The number of hydrogen-bond donors (Lipinski definition) is 1. The number of aliphatic hydroxyl groups is 1. The van der Waals surface area contributed by atoms with Crippen LogP contribution in [0.5, 0.6) is 0 Å². The molecule has 1 aliphatic rings. The lowest BCUT2D eigenvalue weighted by Crippen LogP contribution is -2.36. The van der Waals surface area contributed by atoms with Crippen molar-refractivity contribution in [3.8, 4) is 0 Å². The number of aryl methyl sites for hydroxylation is 1. The van der Waals surface area contributed by atoms with Crippen molar-refractivity contribution in [2.45, 2.75) is 20.0 Å². The van der Waals surface area contributed by atoms with E-state index in [2.05, 4.69) is 9.88 Å². The topological polar surface area (TPSA) is 45.6 Å². The average molecular weight is 228 g/mol. The monoisotopic (exact) mass is 228 g/mol. The van der Waals surface area contributed by atoms with Crippen molar-refractivity contribution in [1.29, 1.82) is 0 Å². The SMILES string of the molecule is Cc1nc(N2CCOCC2)sc1C(C)O. The van der Waals surface area contributed by atoms with Gasteiger partial charge in [-0.3, -0.25) is 0 Å². The molecule has 2 heterocycles. The van der Waals surface area contributed by atoms with Crippen LogP contribution in [-0.2, 0) is 4.74 Å². The molecule has 2 rings (SSSR count). The predicted octanol–water partition coefficient (Wildman–Crippen LogP) is 1.34. The molecule has 1 aromatic heterocycles. The van der Waals surface area contributed by atoms with Crippen molar-refractivity contribution in [3.63, 3.8) is 0 Å². The lowest BCUT2D eigenvalue weighted by atomic mass is 10.3. The van der Waals surface area contributed by atoms with Crippen LogP contribution in [0.4, 0.5) is 5.13 Å². The highest BCUT2D eigenvalue weighted by atomic mass is 32.1. The summed E-state index contributed by atoms with van der Waals surface area (Å²) in [5.41, 5.74) is 0.941. The van der Waals surface area contributed by atoms with Crippen molar-refractivity contribution >= 4 is 16.5 Å². The molecule has 0 aromatic carbocycles. The van der Waals surface area contributed by atoms with Crippen LogP contribution in [0.15, 0.2) is 0 Å². The summed E-state index contributed by atoms with van der Waals surface area (Å²) < 4.78 is 5.29. The smallest absolute Gasteiger partial charge is 0.186 e. The van der Waals surface area contributed by atoms with Crippen LogP contribution >= 0.6 is 11.3 Å². The van der Waals surface area contributed by atoms with Gasteiger partial charge in [-0.2, -0.15) is 0 Å². The fourth-order valence-corrected chi connectivity index (χ4v) is 2.73. The molecule has 5 heteroatoms. The van der Waals surface area contributed by atoms with E-state index < -0.39 is 6.10 Å². The number of ether oxygens (including phenoxy) is 1. The molecule has 4 nitrogen and oxygen atoms in total. The lowest BCUT2D eigenvalue weighted by Gasteiger charge is -2.26. The number of thiazole rings is 1. The standard InChI is InChI=1S/C10H16N2O2S/c1-7-9(8(2)13)15-10(11-7)12-3-5-14-6-4-12/h8,13H,3-6H2,1-2H3. The van der Waals surface area contributed by atoms with Crippen molar-refractivity contribution in [2.75, 3.05) is 31.2 Å². The van der Waals surface area contributed by atoms with E-state index in [1.54, 1.807) is 18.3 Å². The molecule has 1 unspecified atom stereocenters. The fraction of sp³-hybridized carbons (Fsp3) is 0.700. The van der Waals surface area contributed by atoms with Gasteiger partial charge in [-0.05, 0) is 13.8 Å². The maximum atomic E-state index is 9.54. The normalized spacial score (nSPS) is 19.3. The summed E-state index contributed by atoms with van der Waals surface area (Å²) >= 11 is 1.58. The van der Waals surface area contributed by atoms with Gasteiger partial charge in [0, 0.05) is 13.1 Å². The number of morpholine rings is 1. The first-order valence-electron chi connectivity index (χ1n) is 5.16. The minimum Gasteiger partial charge on any atom is -0.388 e. The number of hydrogen-bond acceptors (Lipinski definition) is 5. The average Bonchev–Trinajstić information content (AvgIpc) is 2.62. The molecule has 1 fully saturated rings. The molecule has 0 amide bonds. The maximum Gasteiger partial charge on any atom is 0.186 e. The maximum absolute atomic E-state index is 9.54. The van der Waals surface area contributed by atoms with E-state index in [0.717, 1.165) is 42.0 Å². The van der Waals surface area contributed by atoms with Crippen molar-refractivity contribution in [1.82, 2.24) is 4.98 Å². The van der Waals surface area contributed by atoms with Crippen LogP contribution < -0.4 is 4.90 Å². The van der Waals surface area contributed by atoms with E-state index in [1.807, 2.05) is 6.92 Å². The Kier molecular flexibility index (Phi) is 3.23. The molecule has 1 aliphatic heterocycles. The Labute approximate surface area is 93.5 Å². The number of anilines is 1. The largest absolute Gasteiger partial charge is 0.388 e. The zero-order valence-corrected chi connectivity index (χ0v) is 9.88. The van der Waals surface area contributed by atoms with Gasteiger partial charge >= 0.3 is 0 Å². The molecule has 15 heavy (non-hydrogen) atoms. The zero-order chi connectivity index (χ0) is 10.8. The minimum atomic E-state index is -0.419. The first kappa shape index (κ1) is 10.9. The quantitative estimate of drug-likeness (QED) is 0.829. The summed E-state index contributed by atoms with van der Waals surface area (Å²) in [4.78, 5) is 7.67. The van der Waals surface area contributed by atoms with Gasteiger partial charge in [0.25, 0.3) is 0 Å². The second-order valence-electron chi connectivity index (χ2n) is 3.72. The highest BCUT2D eigenvalue weighted by Gasteiger charge is 2.18. The van der Waals surface area contributed by atoms with Gasteiger partial charge < -0.3 is 14.7 Å². The number of aromatic nitrogens is 1. The van der Waals surface area contributed by atoms with Gasteiger partial charge in [0.2, 0.25) is 0 Å². The molecule has 1 aromatic rings. The molecule has 0 radical (unpaired) electrons. The molecular weight excluding hydrogens is 212 g/mol. The highest BCUT2D eigenvalue weighted by molar-refractivity contribution is 7.15. The summed E-state index contributed by atoms with van der Waals surface area (Å²) in [5.74, 6) is 0. The van der Waals surface area contributed by atoms with Gasteiger partial charge in [-0.25, -0.2) is 4.98 Å². The third kappa shape index (κ3) is 2.30. The van der Waals surface area contributed by atoms with Crippen LogP contribution in [0, 0.1) is 6.92 Å². The number of nitrogens with zero attached hydrogens (tertiary/aromatic N) is 2. The van der Waals surface area contributed by atoms with Crippen LogP contribution in [0.2, 0.25) is 0 Å².